The van der Waals surface area contributed by atoms with Gasteiger partial charge in [-0.3, -0.25) is 9.78 Å². The molecule has 21 heavy (non-hydrogen) atoms. The Labute approximate surface area is 124 Å². The number of H-pyrrole nitrogens is 1. The Kier molecular flexibility index (Phi) is 3.57. The fourth-order valence-electron chi connectivity index (χ4n) is 2.64. The summed E-state index contributed by atoms with van der Waals surface area (Å²) in [6.07, 6.45) is 5.50. The first-order valence-corrected chi connectivity index (χ1v) is 7.25. The maximum atomic E-state index is 11.6. The van der Waals surface area contributed by atoms with Crippen molar-refractivity contribution < 1.29 is 4.79 Å². The minimum Gasteiger partial charge on any atom is -0.354 e. The van der Waals surface area contributed by atoms with E-state index in [0.717, 1.165) is 40.4 Å². The maximum Gasteiger partial charge on any atom is 0.152 e. The highest BCUT2D eigenvalue weighted by Gasteiger charge is 2.14. The van der Waals surface area contributed by atoms with Gasteiger partial charge >= 0.3 is 0 Å². The molecule has 0 saturated heterocycles. The summed E-state index contributed by atoms with van der Waals surface area (Å²) in [4.78, 5) is 19.0. The van der Waals surface area contributed by atoms with Crippen LogP contribution in [0.1, 0.15) is 42.1 Å². The molecule has 106 valence electrons. The topological polar surface area (TPSA) is 45.8 Å². The van der Waals surface area contributed by atoms with Crippen LogP contribution in [-0.4, -0.2) is 16.3 Å². The van der Waals surface area contributed by atoms with E-state index in [1.165, 1.54) is 5.56 Å². The van der Waals surface area contributed by atoms with Crippen LogP contribution in [0.5, 0.6) is 0 Å². The van der Waals surface area contributed by atoms with Gasteiger partial charge in [-0.05, 0) is 42.2 Å². The van der Waals surface area contributed by atoms with Gasteiger partial charge in [-0.15, -0.1) is 0 Å². The third kappa shape index (κ3) is 2.35. The minimum atomic E-state index is 0.494. The van der Waals surface area contributed by atoms with Crippen LogP contribution in [0, 0.1) is 0 Å². The van der Waals surface area contributed by atoms with E-state index in [0.29, 0.717) is 5.92 Å². The number of carbonyl (C=O) groups is 1. The van der Waals surface area contributed by atoms with Crippen molar-refractivity contribution in [2.24, 2.45) is 0 Å². The summed E-state index contributed by atoms with van der Waals surface area (Å²) in [6, 6.07) is 10.2. The SMILES string of the molecule is CCC(C)c1ccc2[nH]c(-c3ccncc3)c(C=O)c2c1. The summed E-state index contributed by atoms with van der Waals surface area (Å²) >= 11 is 0. The average Bonchev–Trinajstić information content (AvgIpc) is 2.92. The second-order valence-corrected chi connectivity index (χ2v) is 5.38. The lowest BCUT2D eigenvalue weighted by molar-refractivity contribution is 0.112. The van der Waals surface area contributed by atoms with Gasteiger partial charge in [0.1, 0.15) is 0 Å². The molecule has 0 saturated carbocycles. The Morgan fingerprint density at radius 2 is 2.00 bits per heavy atom. The van der Waals surface area contributed by atoms with E-state index in [4.69, 9.17) is 0 Å². The standard InChI is InChI=1S/C18H18N2O/c1-3-12(2)14-4-5-17-15(10-14)16(11-21)18(20-17)13-6-8-19-9-7-13/h4-12,20H,3H2,1-2H3. The van der Waals surface area contributed by atoms with Crippen molar-refractivity contribution in [1.82, 2.24) is 9.97 Å². The first-order valence-electron chi connectivity index (χ1n) is 7.25. The van der Waals surface area contributed by atoms with Gasteiger partial charge in [0.15, 0.2) is 6.29 Å². The van der Waals surface area contributed by atoms with Crippen LogP contribution in [0.2, 0.25) is 0 Å². The molecule has 0 spiro atoms. The monoisotopic (exact) mass is 278 g/mol. The van der Waals surface area contributed by atoms with Crippen molar-refractivity contribution in [3.8, 4) is 11.3 Å². The molecule has 3 nitrogen and oxygen atoms in total. The van der Waals surface area contributed by atoms with Crippen LogP contribution in [0.4, 0.5) is 0 Å². The number of carbonyl (C=O) groups excluding carboxylic acids is 1. The fourth-order valence-corrected chi connectivity index (χ4v) is 2.64. The van der Waals surface area contributed by atoms with Gasteiger partial charge in [0, 0.05) is 34.4 Å². The number of fused-ring (bicyclic) bond motifs is 1. The largest absolute Gasteiger partial charge is 0.354 e. The third-order valence-electron chi connectivity index (χ3n) is 4.13. The van der Waals surface area contributed by atoms with Gasteiger partial charge in [-0.1, -0.05) is 19.9 Å². The zero-order chi connectivity index (χ0) is 14.8. The van der Waals surface area contributed by atoms with E-state index < -0.39 is 0 Å². The molecule has 1 N–H and O–H groups in total. The number of pyridine rings is 1. The zero-order valence-electron chi connectivity index (χ0n) is 12.3. The number of benzene rings is 1. The van der Waals surface area contributed by atoms with Crippen molar-refractivity contribution >= 4 is 17.2 Å². The van der Waals surface area contributed by atoms with Crippen molar-refractivity contribution in [1.29, 1.82) is 0 Å². The molecule has 0 aliphatic carbocycles. The van der Waals surface area contributed by atoms with Gasteiger partial charge in [0.2, 0.25) is 0 Å². The quantitative estimate of drug-likeness (QED) is 0.711. The normalized spacial score (nSPS) is 12.5. The van der Waals surface area contributed by atoms with Gasteiger partial charge in [0.05, 0.1) is 5.69 Å². The molecular weight excluding hydrogens is 260 g/mol. The van der Waals surface area contributed by atoms with E-state index in [9.17, 15) is 4.79 Å². The van der Waals surface area contributed by atoms with E-state index in [-0.39, 0.29) is 0 Å². The molecule has 0 bridgehead atoms. The average molecular weight is 278 g/mol. The summed E-state index contributed by atoms with van der Waals surface area (Å²) in [5, 5.41) is 0.995. The Morgan fingerprint density at radius 1 is 1.24 bits per heavy atom. The second-order valence-electron chi connectivity index (χ2n) is 5.38. The Balaban J connectivity index is 2.22. The Morgan fingerprint density at radius 3 is 2.67 bits per heavy atom. The molecular formula is C18H18N2O. The Bertz CT molecular complexity index is 775. The summed E-state index contributed by atoms with van der Waals surface area (Å²) in [5.41, 5.74) is 4.84. The lowest BCUT2D eigenvalue weighted by atomic mass is 9.96. The molecule has 0 amide bonds. The van der Waals surface area contributed by atoms with Crippen LogP contribution >= 0.6 is 0 Å². The number of hydrogen-bond donors (Lipinski definition) is 1. The van der Waals surface area contributed by atoms with Crippen LogP contribution in [0.25, 0.3) is 22.2 Å². The Hall–Kier alpha value is -2.42. The summed E-state index contributed by atoms with van der Waals surface area (Å²) < 4.78 is 0. The summed E-state index contributed by atoms with van der Waals surface area (Å²) in [6.45, 7) is 4.38. The molecule has 1 aromatic carbocycles. The van der Waals surface area contributed by atoms with Crippen molar-refractivity contribution in [2.45, 2.75) is 26.2 Å². The second kappa shape index (κ2) is 5.52. The van der Waals surface area contributed by atoms with Crippen molar-refractivity contribution in [2.75, 3.05) is 0 Å². The lowest BCUT2D eigenvalue weighted by Gasteiger charge is -2.08. The van der Waals surface area contributed by atoms with Gasteiger partial charge in [0.25, 0.3) is 0 Å². The van der Waals surface area contributed by atoms with Crippen LogP contribution < -0.4 is 0 Å². The molecule has 3 aromatic rings. The molecule has 0 fully saturated rings. The minimum absolute atomic E-state index is 0.494. The van der Waals surface area contributed by atoms with Gasteiger partial charge in [-0.2, -0.15) is 0 Å². The number of rotatable bonds is 4. The third-order valence-corrected chi connectivity index (χ3v) is 4.13. The molecule has 2 aromatic heterocycles. The number of nitrogens with zero attached hydrogens (tertiary/aromatic N) is 1. The fraction of sp³-hybridized carbons (Fsp3) is 0.222. The molecule has 2 heterocycles. The zero-order valence-corrected chi connectivity index (χ0v) is 12.3. The van der Waals surface area contributed by atoms with Gasteiger partial charge < -0.3 is 4.98 Å². The molecule has 0 radical (unpaired) electrons. The molecule has 3 rings (SSSR count). The van der Waals surface area contributed by atoms with Gasteiger partial charge in [-0.25, -0.2) is 0 Å². The first kappa shape index (κ1) is 13.6. The van der Waals surface area contributed by atoms with Crippen molar-refractivity contribution in [3.63, 3.8) is 0 Å². The molecule has 0 aliphatic heterocycles. The molecule has 1 unspecified atom stereocenters. The number of aromatic nitrogens is 2. The molecule has 1 atom stereocenters. The predicted octanol–water partition coefficient (Wildman–Crippen LogP) is 4.56. The number of nitrogens with one attached hydrogen (secondary N) is 1. The van der Waals surface area contributed by atoms with Crippen LogP contribution in [-0.2, 0) is 0 Å². The summed E-state index contributed by atoms with van der Waals surface area (Å²) in [7, 11) is 0. The number of aldehydes is 1. The number of hydrogen-bond acceptors (Lipinski definition) is 2. The van der Waals surface area contributed by atoms with Crippen LogP contribution in [0.15, 0.2) is 42.7 Å². The lowest BCUT2D eigenvalue weighted by Crippen LogP contribution is -1.91. The number of aromatic amines is 1. The smallest absolute Gasteiger partial charge is 0.152 e. The van der Waals surface area contributed by atoms with Crippen LogP contribution in [0.3, 0.4) is 0 Å². The highest BCUT2D eigenvalue weighted by atomic mass is 16.1. The van der Waals surface area contributed by atoms with E-state index >= 15 is 0 Å². The predicted molar refractivity (Wildman–Crippen MR) is 85.6 cm³/mol. The highest BCUT2D eigenvalue weighted by Crippen LogP contribution is 2.31. The first-order chi connectivity index (χ1) is 10.2. The van der Waals surface area contributed by atoms with E-state index in [1.807, 2.05) is 12.1 Å². The maximum absolute atomic E-state index is 11.6. The van der Waals surface area contributed by atoms with Crippen molar-refractivity contribution in [3.05, 3.63) is 53.9 Å². The van der Waals surface area contributed by atoms with E-state index in [2.05, 4.69) is 42.0 Å². The van der Waals surface area contributed by atoms with E-state index in [1.54, 1.807) is 12.4 Å². The molecule has 3 heteroatoms. The highest BCUT2D eigenvalue weighted by molar-refractivity contribution is 6.04. The summed E-state index contributed by atoms with van der Waals surface area (Å²) in [5.74, 6) is 0.494. The molecule has 0 aliphatic rings.